The van der Waals surface area contributed by atoms with E-state index in [0.29, 0.717) is 17.8 Å². The number of pyridine rings is 1. The maximum Gasteiger partial charge on any atom is 0.258 e. The highest BCUT2D eigenvalue weighted by Gasteiger charge is 2.17. The lowest BCUT2D eigenvalue weighted by Gasteiger charge is -2.29. The number of nitrogens with zero attached hydrogens (tertiary/aromatic N) is 4. The first-order valence-corrected chi connectivity index (χ1v) is 6.92. The van der Waals surface area contributed by atoms with Crippen molar-refractivity contribution in [2.24, 2.45) is 0 Å². The number of nitrogens with one attached hydrogen (secondary N) is 1. The largest absolute Gasteiger partial charge is 0.367 e. The Balaban J connectivity index is 1.71. The number of aromatic nitrogens is 3. The van der Waals surface area contributed by atoms with Crippen LogP contribution in [0.2, 0.25) is 0 Å². The molecule has 1 fully saturated rings. The normalized spacial score (nSPS) is 17.3. The van der Waals surface area contributed by atoms with Crippen LogP contribution >= 0.6 is 0 Å². The monoisotopic (exact) mass is 273 g/mol. The van der Waals surface area contributed by atoms with E-state index >= 15 is 0 Å². The second kappa shape index (κ2) is 5.58. The first-order valence-electron chi connectivity index (χ1n) is 6.92. The molecule has 0 spiro atoms. The zero-order valence-electron chi connectivity index (χ0n) is 11.8. The van der Waals surface area contributed by atoms with Crippen molar-refractivity contribution < 1.29 is 4.52 Å². The maximum atomic E-state index is 5.19. The van der Waals surface area contributed by atoms with E-state index in [1.807, 2.05) is 19.1 Å². The predicted octanol–water partition coefficient (Wildman–Crippen LogP) is 1.95. The van der Waals surface area contributed by atoms with Gasteiger partial charge in [-0.05, 0) is 52.0 Å². The van der Waals surface area contributed by atoms with Gasteiger partial charge in [0.05, 0.1) is 0 Å². The number of aryl methyl sites for hydroxylation is 1. The summed E-state index contributed by atoms with van der Waals surface area (Å²) < 4.78 is 5.19. The van der Waals surface area contributed by atoms with Gasteiger partial charge < -0.3 is 14.7 Å². The van der Waals surface area contributed by atoms with E-state index in [1.165, 1.54) is 0 Å². The van der Waals surface area contributed by atoms with Gasteiger partial charge in [0.25, 0.3) is 5.89 Å². The van der Waals surface area contributed by atoms with Crippen LogP contribution in [-0.4, -0.2) is 46.2 Å². The standard InChI is InChI=1S/C14H19N5O/c1-10-16-14(20-18-10)11-3-6-15-13(9-11)17-12-4-7-19(2)8-5-12/h3,6,9,12H,4-5,7-8H2,1-2H3,(H,15,17). The van der Waals surface area contributed by atoms with Crippen molar-refractivity contribution in [2.75, 3.05) is 25.5 Å². The average molecular weight is 273 g/mol. The van der Waals surface area contributed by atoms with Crippen LogP contribution in [0.15, 0.2) is 22.9 Å². The second-order valence-electron chi connectivity index (χ2n) is 5.30. The van der Waals surface area contributed by atoms with Crippen LogP contribution in [0.1, 0.15) is 18.7 Å². The summed E-state index contributed by atoms with van der Waals surface area (Å²) in [5.74, 6) is 2.05. The molecule has 20 heavy (non-hydrogen) atoms. The van der Waals surface area contributed by atoms with E-state index in [9.17, 15) is 0 Å². The lowest BCUT2D eigenvalue weighted by atomic mass is 10.1. The molecule has 0 saturated carbocycles. The number of rotatable bonds is 3. The third-order valence-corrected chi connectivity index (χ3v) is 3.61. The van der Waals surface area contributed by atoms with Crippen molar-refractivity contribution >= 4 is 5.82 Å². The Morgan fingerprint density at radius 3 is 2.85 bits per heavy atom. The fraction of sp³-hybridized carbons (Fsp3) is 0.500. The minimum atomic E-state index is 0.485. The first kappa shape index (κ1) is 13.1. The highest BCUT2D eigenvalue weighted by atomic mass is 16.5. The Morgan fingerprint density at radius 2 is 2.15 bits per heavy atom. The van der Waals surface area contributed by atoms with Gasteiger partial charge in [-0.3, -0.25) is 0 Å². The molecule has 0 unspecified atom stereocenters. The van der Waals surface area contributed by atoms with Gasteiger partial charge in [0.15, 0.2) is 5.82 Å². The molecule has 0 atom stereocenters. The zero-order chi connectivity index (χ0) is 13.9. The summed E-state index contributed by atoms with van der Waals surface area (Å²) in [6, 6.07) is 4.33. The second-order valence-corrected chi connectivity index (χ2v) is 5.30. The lowest BCUT2D eigenvalue weighted by Crippen LogP contribution is -2.36. The summed E-state index contributed by atoms with van der Waals surface area (Å²) in [6.07, 6.45) is 4.05. The lowest BCUT2D eigenvalue weighted by molar-refractivity contribution is 0.263. The van der Waals surface area contributed by atoms with E-state index in [0.717, 1.165) is 37.3 Å². The smallest absolute Gasteiger partial charge is 0.258 e. The number of hydrogen-bond donors (Lipinski definition) is 1. The summed E-state index contributed by atoms with van der Waals surface area (Å²) in [7, 11) is 2.16. The molecule has 0 bridgehead atoms. The van der Waals surface area contributed by atoms with Gasteiger partial charge in [0.1, 0.15) is 5.82 Å². The van der Waals surface area contributed by atoms with Gasteiger partial charge in [0, 0.05) is 17.8 Å². The molecule has 0 radical (unpaired) electrons. The molecule has 1 N–H and O–H groups in total. The molecule has 0 amide bonds. The minimum absolute atomic E-state index is 0.485. The van der Waals surface area contributed by atoms with Gasteiger partial charge in [-0.25, -0.2) is 4.98 Å². The van der Waals surface area contributed by atoms with Crippen LogP contribution in [0.5, 0.6) is 0 Å². The van der Waals surface area contributed by atoms with Crippen LogP contribution in [0.4, 0.5) is 5.82 Å². The van der Waals surface area contributed by atoms with Crippen molar-refractivity contribution in [3.8, 4) is 11.5 Å². The average Bonchev–Trinajstić information content (AvgIpc) is 2.89. The van der Waals surface area contributed by atoms with Gasteiger partial charge in [-0.15, -0.1) is 0 Å². The maximum absolute atomic E-state index is 5.19. The Labute approximate surface area is 118 Å². The number of anilines is 1. The number of piperidine rings is 1. The van der Waals surface area contributed by atoms with Crippen LogP contribution < -0.4 is 5.32 Å². The molecule has 1 aliphatic heterocycles. The van der Waals surface area contributed by atoms with Gasteiger partial charge in [-0.1, -0.05) is 5.16 Å². The molecular weight excluding hydrogens is 254 g/mol. The molecule has 3 rings (SSSR count). The van der Waals surface area contributed by atoms with Gasteiger partial charge in [-0.2, -0.15) is 4.98 Å². The highest BCUT2D eigenvalue weighted by Crippen LogP contribution is 2.21. The molecule has 106 valence electrons. The van der Waals surface area contributed by atoms with Crippen molar-refractivity contribution in [2.45, 2.75) is 25.8 Å². The number of hydrogen-bond acceptors (Lipinski definition) is 6. The summed E-state index contributed by atoms with van der Waals surface area (Å²) in [4.78, 5) is 11.0. The Hall–Kier alpha value is -1.95. The van der Waals surface area contributed by atoms with Crippen molar-refractivity contribution in [3.05, 3.63) is 24.2 Å². The molecule has 3 heterocycles. The molecule has 1 saturated heterocycles. The van der Waals surface area contributed by atoms with Crippen LogP contribution in [0.25, 0.3) is 11.5 Å². The summed E-state index contributed by atoms with van der Waals surface area (Å²) >= 11 is 0. The quantitative estimate of drug-likeness (QED) is 0.922. The van der Waals surface area contributed by atoms with E-state index in [1.54, 1.807) is 6.20 Å². The van der Waals surface area contributed by atoms with Crippen molar-refractivity contribution in [1.82, 2.24) is 20.0 Å². The fourth-order valence-corrected chi connectivity index (χ4v) is 2.42. The molecule has 2 aromatic heterocycles. The molecule has 2 aromatic rings. The van der Waals surface area contributed by atoms with Gasteiger partial charge >= 0.3 is 0 Å². The molecule has 6 nitrogen and oxygen atoms in total. The van der Waals surface area contributed by atoms with Crippen molar-refractivity contribution in [3.63, 3.8) is 0 Å². The van der Waals surface area contributed by atoms with E-state index in [-0.39, 0.29) is 0 Å². The van der Waals surface area contributed by atoms with Crippen LogP contribution in [-0.2, 0) is 0 Å². The Kier molecular flexibility index (Phi) is 3.64. The van der Waals surface area contributed by atoms with E-state index < -0.39 is 0 Å². The zero-order valence-corrected chi connectivity index (χ0v) is 11.8. The SMILES string of the molecule is Cc1noc(-c2ccnc(NC3CCN(C)CC3)c2)n1. The molecule has 1 aliphatic rings. The van der Waals surface area contributed by atoms with Crippen LogP contribution in [0, 0.1) is 6.92 Å². The molecular formula is C14H19N5O. The van der Waals surface area contributed by atoms with Crippen molar-refractivity contribution in [1.29, 1.82) is 0 Å². The first-order chi connectivity index (χ1) is 9.70. The number of likely N-dealkylation sites (tertiary alicyclic amines) is 1. The van der Waals surface area contributed by atoms with E-state index in [2.05, 4.69) is 32.4 Å². The highest BCUT2D eigenvalue weighted by molar-refractivity contribution is 5.58. The third kappa shape index (κ3) is 2.96. The third-order valence-electron chi connectivity index (χ3n) is 3.61. The molecule has 6 heteroatoms. The summed E-state index contributed by atoms with van der Waals surface area (Å²) in [5.41, 5.74) is 0.899. The van der Waals surface area contributed by atoms with E-state index in [4.69, 9.17) is 4.52 Å². The van der Waals surface area contributed by atoms with Crippen LogP contribution in [0.3, 0.4) is 0 Å². The molecule has 0 aromatic carbocycles. The summed E-state index contributed by atoms with van der Waals surface area (Å²) in [5, 5.41) is 7.30. The Morgan fingerprint density at radius 1 is 1.35 bits per heavy atom. The predicted molar refractivity (Wildman–Crippen MR) is 76.4 cm³/mol. The minimum Gasteiger partial charge on any atom is -0.367 e. The van der Waals surface area contributed by atoms with Gasteiger partial charge in [0.2, 0.25) is 0 Å². The fourth-order valence-electron chi connectivity index (χ4n) is 2.42. The Bertz CT molecular complexity index is 574. The topological polar surface area (TPSA) is 67.1 Å². The molecule has 0 aliphatic carbocycles. The summed E-state index contributed by atoms with van der Waals surface area (Å²) in [6.45, 7) is 4.06.